The highest BCUT2D eigenvalue weighted by Gasteiger charge is 2.48. The van der Waals surface area contributed by atoms with Crippen molar-refractivity contribution in [3.05, 3.63) is 0 Å². The van der Waals surface area contributed by atoms with Crippen molar-refractivity contribution >= 4 is 0 Å². The molecular formula is C11H22N2. The fraction of sp³-hybridized carbons (Fsp3) is 1.00. The van der Waals surface area contributed by atoms with E-state index < -0.39 is 0 Å². The van der Waals surface area contributed by atoms with E-state index in [1.807, 2.05) is 0 Å². The normalized spacial score (nSPS) is 28.2. The van der Waals surface area contributed by atoms with Crippen molar-refractivity contribution in [1.82, 2.24) is 4.90 Å². The van der Waals surface area contributed by atoms with Gasteiger partial charge in [-0.05, 0) is 24.7 Å². The molecule has 2 nitrogen and oxygen atoms in total. The van der Waals surface area contributed by atoms with E-state index >= 15 is 0 Å². The maximum atomic E-state index is 5.78. The topological polar surface area (TPSA) is 29.3 Å². The summed E-state index contributed by atoms with van der Waals surface area (Å²) in [5, 5.41) is 0. The van der Waals surface area contributed by atoms with Crippen LogP contribution in [-0.4, -0.2) is 30.6 Å². The number of hydrogen-bond donors (Lipinski definition) is 1. The molecule has 2 fully saturated rings. The van der Waals surface area contributed by atoms with Crippen molar-refractivity contribution in [3.8, 4) is 0 Å². The maximum Gasteiger partial charge on any atom is 0.0218 e. The van der Waals surface area contributed by atoms with Gasteiger partial charge in [-0.25, -0.2) is 0 Å². The summed E-state index contributed by atoms with van der Waals surface area (Å²) < 4.78 is 0. The second-order valence-corrected chi connectivity index (χ2v) is 4.94. The summed E-state index contributed by atoms with van der Waals surface area (Å²) >= 11 is 0. The molecule has 0 aromatic rings. The summed E-state index contributed by atoms with van der Waals surface area (Å²) in [6, 6.07) is 0.677. The Balaban J connectivity index is 1.76. The van der Waals surface area contributed by atoms with Crippen LogP contribution in [0.1, 0.15) is 39.0 Å². The van der Waals surface area contributed by atoms with Gasteiger partial charge in [0.2, 0.25) is 0 Å². The van der Waals surface area contributed by atoms with E-state index in [0.29, 0.717) is 6.04 Å². The molecule has 0 bridgehead atoms. The molecule has 0 radical (unpaired) electrons. The van der Waals surface area contributed by atoms with E-state index in [-0.39, 0.29) is 0 Å². The summed E-state index contributed by atoms with van der Waals surface area (Å²) in [5.41, 5.74) is 6.54. The SMILES string of the molecule is CCCC(CN)N1CC2(CCC2)C1. The van der Waals surface area contributed by atoms with Crippen LogP contribution in [0.2, 0.25) is 0 Å². The highest BCUT2D eigenvalue weighted by Crippen LogP contribution is 2.48. The number of rotatable bonds is 4. The first-order valence-electron chi connectivity index (χ1n) is 5.74. The Labute approximate surface area is 81.5 Å². The molecule has 2 N–H and O–H groups in total. The Bertz CT molecular complexity index is 167. The molecular weight excluding hydrogens is 160 g/mol. The standard InChI is InChI=1S/C11H22N2/c1-2-4-10(7-12)13-8-11(9-13)5-3-6-11/h10H,2-9,12H2,1H3. The molecule has 76 valence electrons. The fourth-order valence-electron chi connectivity index (χ4n) is 2.85. The summed E-state index contributed by atoms with van der Waals surface area (Å²) in [5.74, 6) is 0. The first kappa shape index (κ1) is 9.47. The second-order valence-electron chi connectivity index (χ2n) is 4.94. The van der Waals surface area contributed by atoms with E-state index in [9.17, 15) is 0 Å². The lowest BCUT2D eigenvalue weighted by Gasteiger charge is -2.58. The highest BCUT2D eigenvalue weighted by molar-refractivity contribution is 5.02. The van der Waals surface area contributed by atoms with Crippen LogP contribution in [0.15, 0.2) is 0 Å². The number of likely N-dealkylation sites (tertiary alicyclic amines) is 1. The summed E-state index contributed by atoms with van der Waals surface area (Å²) in [4.78, 5) is 2.60. The van der Waals surface area contributed by atoms with Gasteiger partial charge in [-0.2, -0.15) is 0 Å². The van der Waals surface area contributed by atoms with Crippen LogP contribution in [0, 0.1) is 5.41 Å². The Morgan fingerprint density at radius 1 is 1.38 bits per heavy atom. The maximum absolute atomic E-state index is 5.78. The Hall–Kier alpha value is -0.0800. The predicted octanol–water partition coefficient (Wildman–Crippen LogP) is 1.60. The average molecular weight is 182 g/mol. The van der Waals surface area contributed by atoms with E-state index in [0.717, 1.165) is 12.0 Å². The Kier molecular flexibility index (Phi) is 2.61. The van der Waals surface area contributed by atoms with Gasteiger partial charge in [0, 0.05) is 25.7 Å². The monoisotopic (exact) mass is 182 g/mol. The second kappa shape index (κ2) is 3.58. The van der Waals surface area contributed by atoms with Gasteiger partial charge in [0.1, 0.15) is 0 Å². The van der Waals surface area contributed by atoms with Gasteiger partial charge in [0.15, 0.2) is 0 Å². The van der Waals surface area contributed by atoms with Crippen LogP contribution >= 0.6 is 0 Å². The Morgan fingerprint density at radius 2 is 2.08 bits per heavy atom. The number of nitrogens with two attached hydrogens (primary N) is 1. The predicted molar refractivity (Wildman–Crippen MR) is 55.6 cm³/mol. The zero-order valence-corrected chi connectivity index (χ0v) is 8.76. The van der Waals surface area contributed by atoms with Crippen molar-refractivity contribution in [2.24, 2.45) is 11.1 Å². The van der Waals surface area contributed by atoms with Crippen molar-refractivity contribution in [3.63, 3.8) is 0 Å². The van der Waals surface area contributed by atoms with Gasteiger partial charge in [0.25, 0.3) is 0 Å². The third-order valence-electron chi connectivity index (χ3n) is 3.90. The van der Waals surface area contributed by atoms with E-state index in [1.165, 1.54) is 45.2 Å². The summed E-state index contributed by atoms with van der Waals surface area (Å²) in [7, 11) is 0. The smallest absolute Gasteiger partial charge is 0.0218 e. The van der Waals surface area contributed by atoms with Gasteiger partial charge in [0.05, 0.1) is 0 Å². The van der Waals surface area contributed by atoms with Crippen LogP contribution in [0.3, 0.4) is 0 Å². The molecule has 2 rings (SSSR count). The third kappa shape index (κ3) is 1.62. The first-order valence-corrected chi connectivity index (χ1v) is 5.74. The molecule has 1 spiro atoms. The average Bonchev–Trinajstić information content (AvgIpc) is 1.97. The van der Waals surface area contributed by atoms with Gasteiger partial charge in [-0.3, -0.25) is 4.90 Å². The minimum atomic E-state index is 0.677. The molecule has 2 aliphatic rings. The number of nitrogens with zero attached hydrogens (tertiary/aromatic N) is 1. The van der Waals surface area contributed by atoms with Crippen LogP contribution in [0.5, 0.6) is 0 Å². The zero-order valence-electron chi connectivity index (χ0n) is 8.76. The zero-order chi connectivity index (χ0) is 9.31. The quantitative estimate of drug-likeness (QED) is 0.715. The van der Waals surface area contributed by atoms with E-state index in [4.69, 9.17) is 5.73 Å². The highest BCUT2D eigenvalue weighted by atomic mass is 15.2. The van der Waals surface area contributed by atoms with Gasteiger partial charge in [-0.1, -0.05) is 19.8 Å². The first-order chi connectivity index (χ1) is 6.29. The van der Waals surface area contributed by atoms with Crippen LogP contribution in [-0.2, 0) is 0 Å². The summed E-state index contributed by atoms with van der Waals surface area (Å²) in [6.07, 6.45) is 6.98. The molecule has 0 amide bonds. The molecule has 0 aromatic heterocycles. The minimum Gasteiger partial charge on any atom is -0.329 e. The van der Waals surface area contributed by atoms with Crippen LogP contribution in [0.4, 0.5) is 0 Å². The third-order valence-corrected chi connectivity index (χ3v) is 3.90. The minimum absolute atomic E-state index is 0.677. The molecule has 0 aromatic carbocycles. The van der Waals surface area contributed by atoms with Gasteiger partial charge >= 0.3 is 0 Å². The lowest BCUT2D eigenvalue weighted by atomic mass is 9.63. The molecule has 1 saturated carbocycles. The van der Waals surface area contributed by atoms with Crippen LogP contribution in [0.25, 0.3) is 0 Å². The number of hydrogen-bond acceptors (Lipinski definition) is 2. The summed E-state index contributed by atoms with van der Waals surface area (Å²) in [6.45, 7) is 5.79. The van der Waals surface area contributed by atoms with Crippen molar-refractivity contribution < 1.29 is 0 Å². The molecule has 1 aliphatic heterocycles. The van der Waals surface area contributed by atoms with Gasteiger partial charge < -0.3 is 5.73 Å². The molecule has 1 unspecified atom stereocenters. The Morgan fingerprint density at radius 3 is 2.46 bits per heavy atom. The van der Waals surface area contributed by atoms with E-state index in [1.54, 1.807) is 0 Å². The van der Waals surface area contributed by atoms with Gasteiger partial charge in [-0.15, -0.1) is 0 Å². The van der Waals surface area contributed by atoms with Crippen molar-refractivity contribution in [2.75, 3.05) is 19.6 Å². The molecule has 1 saturated heterocycles. The lowest BCUT2D eigenvalue weighted by molar-refractivity contribution is -0.0826. The molecule has 1 atom stereocenters. The van der Waals surface area contributed by atoms with Crippen molar-refractivity contribution in [1.29, 1.82) is 0 Å². The molecule has 13 heavy (non-hydrogen) atoms. The molecule has 2 heteroatoms. The molecule has 1 aliphatic carbocycles. The lowest BCUT2D eigenvalue weighted by Crippen LogP contribution is -2.63. The fourth-order valence-corrected chi connectivity index (χ4v) is 2.85. The van der Waals surface area contributed by atoms with Crippen molar-refractivity contribution in [2.45, 2.75) is 45.1 Å². The largest absolute Gasteiger partial charge is 0.329 e. The molecule has 1 heterocycles. The van der Waals surface area contributed by atoms with Crippen LogP contribution < -0.4 is 5.73 Å². The van der Waals surface area contributed by atoms with E-state index in [2.05, 4.69) is 11.8 Å².